The van der Waals surface area contributed by atoms with E-state index < -0.39 is 5.60 Å². The maximum atomic E-state index is 12.0. The molecule has 6 nitrogen and oxygen atoms in total. The van der Waals surface area contributed by atoms with Gasteiger partial charge in [0.05, 0.1) is 0 Å². The van der Waals surface area contributed by atoms with Crippen molar-refractivity contribution >= 4 is 6.09 Å². The molecule has 1 aliphatic rings. The number of likely N-dealkylation sites (tertiary alicyclic amines) is 1. The smallest absolute Gasteiger partial charge is 0.410 e. The van der Waals surface area contributed by atoms with Crippen LogP contribution < -0.4 is 10.3 Å². The van der Waals surface area contributed by atoms with Crippen LogP contribution in [-0.4, -0.2) is 40.4 Å². The first-order chi connectivity index (χ1) is 10.7. The molecule has 0 saturated carbocycles. The SMILES string of the molecule is Cc1cc(OC2CCN(C(=O)OC(C)(C)C)CC2)cc(=O)n1C. The first-order valence-corrected chi connectivity index (χ1v) is 7.98. The van der Waals surface area contributed by atoms with E-state index in [4.69, 9.17) is 9.47 Å². The van der Waals surface area contributed by atoms with Crippen LogP contribution in [0.1, 0.15) is 39.3 Å². The van der Waals surface area contributed by atoms with Crippen LogP contribution in [0, 0.1) is 6.92 Å². The van der Waals surface area contributed by atoms with Gasteiger partial charge < -0.3 is 18.9 Å². The molecule has 1 amide bonds. The lowest BCUT2D eigenvalue weighted by atomic mass is 10.1. The van der Waals surface area contributed by atoms with Gasteiger partial charge in [-0.15, -0.1) is 0 Å². The minimum absolute atomic E-state index is 0.0141. The van der Waals surface area contributed by atoms with Gasteiger partial charge in [-0.25, -0.2) is 4.79 Å². The summed E-state index contributed by atoms with van der Waals surface area (Å²) in [6, 6.07) is 3.37. The molecule has 1 aliphatic heterocycles. The maximum absolute atomic E-state index is 12.0. The quantitative estimate of drug-likeness (QED) is 0.839. The molecule has 6 heteroatoms. The van der Waals surface area contributed by atoms with Crippen LogP contribution >= 0.6 is 0 Å². The molecule has 0 atom stereocenters. The largest absolute Gasteiger partial charge is 0.490 e. The van der Waals surface area contributed by atoms with Gasteiger partial charge in [-0.05, 0) is 33.8 Å². The zero-order valence-electron chi connectivity index (χ0n) is 14.6. The van der Waals surface area contributed by atoms with Crippen LogP contribution in [0.15, 0.2) is 16.9 Å². The van der Waals surface area contributed by atoms with E-state index in [1.165, 1.54) is 6.07 Å². The minimum Gasteiger partial charge on any atom is -0.490 e. The van der Waals surface area contributed by atoms with E-state index in [2.05, 4.69) is 0 Å². The Balaban J connectivity index is 1.90. The predicted octanol–water partition coefficient (Wildman–Crippen LogP) is 2.47. The molecular weight excluding hydrogens is 296 g/mol. The molecular formula is C17H26N2O4. The minimum atomic E-state index is -0.480. The number of pyridine rings is 1. The van der Waals surface area contributed by atoms with Gasteiger partial charge in [-0.3, -0.25) is 4.79 Å². The maximum Gasteiger partial charge on any atom is 0.410 e. The lowest BCUT2D eigenvalue weighted by Crippen LogP contribution is -2.44. The van der Waals surface area contributed by atoms with Crippen LogP contribution in [0.25, 0.3) is 0 Å². The first-order valence-electron chi connectivity index (χ1n) is 7.98. The van der Waals surface area contributed by atoms with Crippen molar-refractivity contribution in [1.29, 1.82) is 0 Å². The van der Waals surface area contributed by atoms with Gasteiger partial charge in [0.1, 0.15) is 17.5 Å². The third kappa shape index (κ3) is 4.74. The Labute approximate surface area is 137 Å². The lowest BCUT2D eigenvalue weighted by Gasteiger charge is -2.33. The Kier molecular flexibility index (Phi) is 5.02. The molecule has 0 radical (unpaired) electrons. The molecule has 0 unspecified atom stereocenters. The second kappa shape index (κ2) is 6.64. The van der Waals surface area contributed by atoms with Crippen LogP contribution in [-0.2, 0) is 11.8 Å². The highest BCUT2D eigenvalue weighted by Crippen LogP contribution is 2.20. The van der Waals surface area contributed by atoms with Gasteiger partial charge in [-0.1, -0.05) is 0 Å². The van der Waals surface area contributed by atoms with Gasteiger partial charge in [-0.2, -0.15) is 0 Å². The van der Waals surface area contributed by atoms with Gasteiger partial charge in [0.25, 0.3) is 5.56 Å². The fourth-order valence-electron chi connectivity index (χ4n) is 2.48. The number of rotatable bonds is 2. The number of amides is 1. The molecule has 0 spiro atoms. The van der Waals surface area contributed by atoms with Crippen molar-refractivity contribution in [2.75, 3.05) is 13.1 Å². The van der Waals surface area contributed by atoms with Crippen LogP contribution in [0.2, 0.25) is 0 Å². The molecule has 1 fully saturated rings. The summed E-state index contributed by atoms with van der Waals surface area (Å²) >= 11 is 0. The summed E-state index contributed by atoms with van der Waals surface area (Å²) in [5, 5.41) is 0. The topological polar surface area (TPSA) is 60.8 Å². The molecule has 0 aromatic carbocycles. The Bertz CT molecular complexity index is 622. The summed E-state index contributed by atoms with van der Waals surface area (Å²) in [7, 11) is 1.74. The van der Waals surface area contributed by atoms with Crippen LogP contribution in [0.5, 0.6) is 5.75 Å². The van der Waals surface area contributed by atoms with Crippen molar-refractivity contribution in [2.45, 2.75) is 52.2 Å². The highest BCUT2D eigenvalue weighted by molar-refractivity contribution is 5.68. The monoisotopic (exact) mass is 322 g/mol. The second-order valence-electron chi connectivity index (χ2n) is 7.01. The molecule has 0 aliphatic carbocycles. The highest BCUT2D eigenvalue weighted by Gasteiger charge is 2.27. The third-order valence-corrected chi connectivity index (χ3v) is 3.87. The molecule has 1 saturated heterocycles. The zero-order valence-corrected chi connectivity index (χ0v) is 14.6. The number of aromatic nitrogens is 1. The third-order valence-electron chi connectivity index (χ3n) is 3.87. The van der Waals surface area contributed by atoms with Crippen molar-refractivity contribution in [1.82, 2.24) is 9.47 Å². The van der Waals surface area contributed by atoms with Crippen molar-refractivity contribution in [3.63, 3.8) is 0 Å². The summed E-state index contributed by atoms with van der Waals surface area (Å²) in [5.74, 6) is 0.598. The van der Waals surface area contributed by atoms with E-state index in [9.17, 15) is 9.59 Å². The van der Waals surface area contributed by atoms with Crippen molar-refractivity contribution in [3.8, 4) is 5.75 Å². The Morgan fingerprint density at radius 1 is 1.22 bits per heavy atom. The standard InChI is InChI=1S/C17H26N2O4/c1-12-10-14(11-15(20)18(12)5)22-13-6-8-19(9-7-13)16(21)23-17(2,3)4/h10-11,13H,6-9H2,1-5H3. The van der Waals surface area contributed by atoms with E-state index in [-0.39, 0.29) is 17.8 Å². The molecule has 23 heavy (non-hydrogen) atoms. The number of piperidine rings is 1. The number of ether oxygens (including phenoxy) is 2. The van der Waals surface area contributed by atoms with Gasteiger partial charge in [0.2, 0.25) is 0 Å². The zero-order chi connectivity index (χ0) is 17.2. The fourth-order valence-corrected chi connectivity index (χ4v) is 2.48. The molecule has 1 aromatic rings. The Morgan fingerprint density at radius 2 is 1.83 bits per heavy atom. The number of hydrogen-bond acceptors (Lipinski definition) is 4. The Morgan fingerprint density at radius 3 is 2.35 bits per heavy atom. The van der Waals surface area contributed by atoms with E-state index >= 15 is 0 Å². The summed E-state index contributed by atoms with van der Waals surface area (Å²) in [6.45, 7) is 8.66. The molecule has 1 aromatic heterocycles. The average molecular weight is 322 g/mol. The second-order valence-corrected chi connectivity index (χ2v) is 7.01. The van der Waals surface area contributed by atoms with E-state index in [0.29, 0.717) is 18.8 Å². The molecule has 2 rings (SSSR count). The van der Waals surface area contributed by atoms with Crippen molar-refractivity contribution in [3.05, 3.63) is 28.2 Å². The summed E-state index contributed by atoms with van der Waals surface area (Å²) in [6.07, 6.45) is 1.20. The fraction of sp³-hybridized carbons (Fsp3) is 0.647. The number of aryl methyl sites for hydroxylation is 1. The van der Waals surface area contributed by atoms with Gasteiger partial charge >= 0.3 is 6.09 Å². The summed E-state index contributed by atoms with van der Waals surface area (Å²) < 4.78 is 12.9. The van der Waals surface area contributed by atoms with E-state index in [1.54, 1.807) is 16.5 Å². The number of carbonyl (C=O) groups is 1. The lowest BCUT2D eigenvalue weighted by molar-refractivity contribution is 0.0126. The molecule has 2 heterocycles. The van der Waals surface area contributed by atoms with Gasteiger partial charge in [0.15, 0.2) is 0 Å². The van der Waals surface area contributed by atoms with Crippen molar-refractivity contribution in [2.24, 2.45) is 7.05 Å². The first kappa shape index (κ1) is 17.4. The van der Waals surface area contributed by atoms with Crippen molar-refractivity contribution < 1.29 is 14.3 Å². The average Bonchev–Trinajstić information content (AvgIpc) is 2.43. The summed E-state index contributed by atoms with van der Waals surface area (Å²) in [4.78, 5) is 25.5. The highest BCUT2D eigenvalue weighted by atomic mass is 16.6. The number of carbonyl (C=O) groups excluding carboxylic acids is 1. The van der Waals surface area contributed by atoms with Crippen LogP contribution in [0.4, 0.5) is 4.79 Å². The molecule has 0 N–H and O–H groups in total. The van der Waals surface area contributed by atoms with Crippen LogP contribution in [0.3, 0.4) is 0 Å². The number of nitrogens with zero attached hydrogens (tertiary/aromatic N) is 2. The predicted molar refractivity (Wildman–Crippen MR) is 87.9 cm³/mol. The van der Waals surface area contributed by atoms with E-state index in [0.717, 1.165) is 18.5 Å². The van der Waals surface area contributed by atoms with Gasteiger partial charge in [0, 0.05) is 44.7 Å². The van der Waals surface area contributed by atoms with E-state index in [1.807, 2.05) is 33.8 Å². The summed E-state index contributed by atoms with van der Waals surface area (Å²) in [5.41, 5.74) is 0.302. The normalized spacial score (nSPS) is 16.3. The molecule has 0 bridgehead atoms. The number of hydrogen-bond donors (Lipinski definition) is 0. The molecule has 128 valence electrons. The Hall–Kier alpha value is -1.98.